The van der Waals surface area contributed by atoms with Crippen molar-refractivity contribution < 1.29 is 9.53 Å². The van der Waals surface area contributed by atoms with E-state index >= 15 is 0 Å². The number of amides is 1. The smallest absolute Gasteiger partial charge is 0.222 e. The molecule has 2 N–H and O–H groups in total. The molecule has 0 bridgehead atoms. The van der Waals surface area contributed by atoms with Crippen molar-refractivity contribution in [3.63, 3.8) is 0 Å². The summed E-state index contributed by atoms with van der Waals surface area (Å²) < 4.78 is 5.89. The third-order valence-electron chi connectivity index (χ3n) is 6.61. The zero-order valence-corrected chi connectivity index (χ0v) is 19.9. The Morgan fingerprint density at radius 2 is 2.14 bits per heavy atom. The first-order chi connectivity index (χ1) is 13.5. The van der Waals surface area contributed by atoms with Crippen LogP contribution in [-0.2, 0) is 22.6 Å². The van der Waals surface area contributed by atoms with Crippen LogP contribution in [-0.4, -0.2) is 49.1 Å². The van der Waals surface area contributed by atoms with Crippen LogP contribution in [0.5, 0.6) is 0 Å². The lowest BCUT2D eigenvalue weighted by Crippen LogP contribution is -2.67. The second-order valence-corrected chi connectivity index (χ2v) is 8.85. The van der Waals surface area contributed by atoms with Crippen LogP contribution >= 0.6 is 24.0 Å². The SMILES string of the molecule is CN=C(NCc1cccc(CN2CCCC2=O)c1)NC1C2CCOC2C1(C)C.I. The van der Waals surface area contributed by atoms with Crippen LogP contribution in [0.1, 0.15) is 44.2 Å². The third kappa shape index (κ3) is 4.55. The molecule has 3 atom stereocenters. The van der Waals surface area contributed by atoms with Crippen molar-refractivity contribution in [2.75, 3.05) is 20.2 Å². The molecule has 1 aromatic rings. The Hall–Kier alpha value is -1.35. The van der Waals surface area contributed by atoms with E-state index in [9.17, 15) is 4.79 Å². The molecular formula is C22H33IN4O2. The van der Waals surface area contributed by atoms with E-state index in [0.29, 0.717) is 37.6 Å². The van der Waals surface area contributed by atoms with Gasteiger partial charge in [0.2, 0.25) is 5.91 Å². The molecule has 3 aliphatic rings. The molecule has 3 fully saturated rings. The van der Waals surface area contributed by atoms with Crippen LogP contribution in [0.4, 0.5) is 0 Å². The van der Waals surface area contributed by atoms with Gasteiger partial charge in [0.1, 0.15) is 0 Å². The molecule has 3 unspecified atom stereocenters. The van der Waals surface area contributed by atoms with E-state index in [-0.39, 0.29) is 35.3 Å². The van der Waals surface area contributed by atoms with Gasteiger partial charge in [0.05, 0.1) is 6.10 Å². The van der Waals surface area contributed by atoms with Gasteiger partial charge in [-0.25, -0.2) is 0 Å². The fourth-order valence-electron chi connectivity index (χ4n) is 5.07. The zero-order valence-electron chi connectivity index (χ0n) is 17.6. The summed E-state index contributed by atoms with van der Waals surface area (Å²) in [5.41, 5.74) is 2.51. The molecule has 29 heavy (non-hydrogen) atoms. The Kier molecular flexibility index (Phi) is 7.09. The van der Waals surface area contributed by atoms with Gasteiger partial charge in [-0.3, -0.25) is 9.79 Å². The fourth-order valence-corrected chi connectivity index (χ4v) is 5.07. The molecular weight excluding hydrogens is 479 g/mol. The Morgan fingerprint density at radius 3 is 2.86 bits per heavy atom. The Morgan fingerprint density at radius 1 is 1.34 bits per heavy atom. The minimum Gasteiger partial charge on any atom is -0.377 e. The summed E-state index contributed by atoms with van der Waals surface area (Å²) in [6, 6.07) is 8.85. The minimum atomic E-state index is 0. The number of halogens is 1. The number of nitrogens with one attached hydrogen (secondary N) is 2. The highest BCUT2D eigenvalue weighted by molar-refractivity contribution is 14.0. The molecule has 1 amide bonds. The van der Waals surface area contributed by atoms with Gasteiger partial charge >= 0.3 is 0 Å². The maximum absolute atomic E-state index is 11.9. The number of carbonyl (C=O) groups excluding carboxylic acids is 1. The second-order valence-electron chi connectivity index (χ2n) is 8.85. The number of nitrogens with zero attached hydrogens (tertiary/aromatic N) is 2. The predicted octanol–water partition coefficient (Wildman–Crippen LogP) is 2.91. The molecule has 2 saturated heterocycles. The normalized spacial score (nSPS) is 27.8. The maximum atomic E-state index is 11.9. The number of carbonyl (C=O) groups is 1. The standard InChI is InChI=1S/C22H32N4O2.HI/c1-22(2)19(17-9-11-28-20(17)22)25-21(23-3)24-13-15-6-4-7-16(12-15)14-26-10-5-8-18(26)27;/h4,6-7,12,17,19-20H,5,8-11,13-14H2,1-3H3,(H2,23,24,25);1H. The average Bonchev–Trinajstić information content (AvgIpc) is 3.30. The number of rotatable bonds is 5. The van der Waals surface area contributed by atoms with Crippen LogP contribution in [0.2, 0.25) is 0 Å². The molecule has 0 spiro atoms. The predicted molar refractivity (Wildman–Crippen MR) is 125 cm³/mol. The van der Waals surface area contributed by atoms with Crippen LogP contribution in [0.25, 0.3) is 0 Å². The molecule has 1 aliphatic carbocycles. The van der Waals surface area contributed by atoms with Gasteiger partial charge in [-0.2, -0.15) is 0 Å². The average molecular weight is 512 g/mol. The van der Waals surface area contributed by atoms with Crippen molar-refractivity contribution in [3.8, 4) is 0 Å². The quantitative estimate of drug-likeness (QED) is 0.362. The van der Waals surface area contributed by atoms with Crippen LogP contribution in [0.15, 0.2) is 29.3 Å². The maximum Gasteiger partial charge on any atom is 0.222 e. The molecule has 1 aromatic carbocycles. The minimum absolute atomic E-state index is 0. The van der Waals surface area contributed by atoms with Gasteiger partial charge in [-0.1, -0.05) is 38.1 Å². The lowest BCUT2D eigenvalue weighted by atomic mass is 9.57. The summed E-state index contributed by atoms with van der Waals surface area (Å²) in [6.45, 7) is 7.70. The molecule has 0 aromatic heterocycles. The number of aliphatic imine (C=N–C) groups is 1. The van der Waals surface area contributed by atoms with E-state index in [1.807, 2.05) is 11.9 Å². The van der Waals surface area contributed by atoms with Crippen molar-refractivity contribution in [1.82, 2.24) is 15.5 Å². The summed E-state index contributed by atoms with van der Waals surface area (Å²) in [7, 11) is 1.82. The van der Waals surface area contributed by atoms with Crippen molar-refractivity contribution in [3.05, 3.63) is 35.4 Å². The van der Waals surface area contributed by atoms with E-state index in [0.717, 1.165) is 32.0 Å². The van der Waals surface area contributed by atoms with E-state index in [1.165, 1.54) is 11.1 Å². The lowest BCUT2D eigenvalue weighted by molar-refractivity contribution is -0.128. The molecule has 2 heterocycles. The third-order valence-corrected chi connectivity index (χ3v) is 6.61. The largest absolute Gasteiger partial charge is 0.377 e. The zero-order chi connectivity index (χ0) is 19.7. The first-order valence-electron chi connectivity index (χ1n) is 10.4. The summed E-state index contributed by atoms with van der Waals surface area (Å²) in [5.74, 6) is 1.68. The summed E-state index contributed by atoms with van der Waals surface area (Å²) in [5, 5.41) is 7.07. The van der Waals surface area contributed by atoms with Gasteiger partial charge in [0.15, 0.2) is 5.96 Å². The molecule has 4 rings (SSSR count). The first-order valence-corrected chi connectivity index (χ1v) is 10.4. The van der Waals surface area contributed by atoms with Crippen molar-refractivity contribution in [2.45, 2.75) is 58.3 Å². The monoisotopic (exact) mass is 512 g/mol. The van der Waals surface area contributed by atoms with Crippen LogP contribution in [0.3, 0.4) is 0 Å². The highest BCUT2D eigenvalue weighted by atomic mass is 127. The molecule has 1 saturated carbocycles. The van der Waals surface area contributed by atoms with Crippen molar-refractivity contribution in [1.29, 1.82) is 0 Å². The first kappa shape index (κ1) is 22.3. The number of fused-ring (bicyclic) bond motifs is 1. The Bertz CT molecular complexity index is 767. The molecule has 0 radical (unpaired) electrons. The summed E-state index contributed by atoms with van der Waals surface area (Å²) >= 11 is 0. The number of likely N-dealkylation sites (tertiary alicyclic amines) is 1. The van der Waals surface area contributed by atoms with E-state index in [2.05, 4.69) is 53.7 Å². The number of benzene rings is 1. The van der Waals surface area contributed by atoms with Crippen LogP contribution in [0, 0.1) is 11.3 Å². The highest BCUT2D eigenvalue weighted by Crippen LogP contribution is 2.52. The van der Waals surface area contributed by atoms with Gasteiger partial charge in [-0.05, 0) is 24.0 Å². The lowest BCUT2D eigenvalue weighted by Gasteiger charge is -2.54. The number of hydrogen-bond donors (Lipinski definition) is 2. The highest BCUT2D eigenvalue weighted by Gasteiger charge is 2.59. The number of ether oxygens (including phenoxy) is 1. The fraction of sp³-hybridized carbons (Fsp3) is 0.636. The number of hydrogen-bond acceptors (Lipinski definition) is 3. The molecule has 160 valence electrons. The molecule has 6 nitrogen and oxygen atoms in total. The van der Waals surface area contributed by atoms with Gasteiger partial charge in [0, 0.05) is 57.1 Å². The van der Waals surface area contributed by atoms with E-state index < -0.39 is 0 Å². The van der Waals surface area contributed by atoms with Gasteiger partial charge in [0.25, 0.3) is 0 Å². The number of guanidine groups is 1. The van der Waals surface area contributed by atoms with Crippen LogP contribution < -0.4 is 10.6 Å². The summed E-state index contributed by atoms with van der Waals surface area (Å²) in [6.07, 6.45) is 3.16. The van der Waals surface area contributed by atoms with E-state index in [1.54, 1.807) is 0 Å². The topological polar surface area (TPSA) is 66.0 Å². The molecule has 2 aliphatic heterocycles. The van der Waals surface area contributed by atoms with Crippen molar-refractivity contribution >= 4 is 35.8 Å². The van der Waals surface area contributed by atoms with Gasteiger partial charge < -0.3 is 20.3 Å². The van der Waals surface area contributed by atoms with E-state index in [4.69, 9.17) is 4.74 Å². The Balaban J connectivity index is 0.00000240. The molecule has 7 heteroatoms. The van der Waals surface area contributed by atoms with Crippen molar-refractivity contribution in [2.24, 2.45) is 16.3 Å². The summed E-state index contributed by atoms with van der Waals surface area (Å²) in [4.78, 5) is 18.2. The second kappa shape index (κ2) is 9.20. The van der Waals surface area contributed by atoms with Gasteiger partial charge in [-0.15, -0.1) is 24.0 Å². The Labute approximate surface area is 190 Å².